The second kappa shape index (κ2) is 7.58. The van der Waals surface area contributed by atoms with E-state index in [9.17, 15) is 0 Å². The Bertz CT molecular complexity index is 135. The molecule has 0 radical (unpaired) electrons. The van der Waals surface area contributed by atoms with Crippen LogP contribution in [0.15, 0.2) is 0 Å². The number of unbranched alkanes of at least 4 members (excludes halogenated alkanes) is 2. The highest BCUT2D eigenvalue weighted by Gasteiger charge is 2.17. The first-order valence-electron chi connectivity index (χ1n) is 5.48. The van der Waals surface area contributed by atoms with Gasteiger partial charge in [0.2, 0.25) is 0 Å². The molecule has 0 amide bonds. The maximum absolute atomic E-state index is 5.43. The first kappa shape index (κ1) is 12.4. The van der Waals surface area contributed by atoms with Gasteiger partial charge >= 0.3 is 8.60 Å². The first-order valence-corrected chi connectivity index (χ1v) is 6.57. The van der Waals surface area contributed by atoms with Gasteiger partial charge in [-0.15, -0.1) is 0 Å². The van der Waals surface area contributed by atoms with Crippen molar-refractivity contribution in [2.75, 3.05) is 19.8 Å². The van der Waals surface area contributed by atoms with Crippen LogP contribution in [0.3, 0.4) is 0 Å². The molecule has 4 heteroatoms. The highest BCUT2D eigenvalue weighted by atomic mass is 31.2. The van der Waals surface area contributed by atoms with Crippen LogP contribution in [-0.4, -0.2) is 19.8 Å². The lowest BCUT2D eigenvalue weighted by molar-refractivity contribution is 0.241. The lowest BCUT2D eigenvalue weighted by atomic mass is 10.1. The zero-order chi connectivity index (χ0) is 10.2. The number of hydrogen-bond acceptors (Lipinski definition) is 3. The molecule has 0 atom stereocenters. The van der Waals surface area contributed by atoms with Crippen molar-refractivity contribution in [3.63, 3.8) is 0 Å². The van der Waals surface area contributed by atoms with Crippen LogP contribution < -0.4 is 0 Å². The normalized spacial score (nSPS) is 18.2. The molecule has 0 bridgehead atoms. The SMILES string of the molecule is CC(C)CCCCCOP1OCCO1. The van der Waals surface area contributed by atoms with Crippen LogP contribution in [0.1, 0.15) is 39.5 Å². The highest BCUT2D eigenvalue weighted by Crippen LogP contribution is 2.43. The fourth-order valence-electron chi connectivity index (χ4n) is 1.31. The third-order valence-corrected chi connectivity index (χ3v) is 3.28. The first-order chi connectivity index (χ1) is 6.79. The Hall–Kier alpha value is 0.310. The second-order valence-corrected chi connectivity index (χ2v) is 5.19. The van der Waals surface area contributed by atoms with Crippen LogP contribution in [0, 0.1) is 5.92 Å². The van der Waals surface area contributed by atoms with Crippen LogP contribution in [0.4, 0.5) is 0 Å². The fraction of sp³-hybridized carbons (Fsp3) is 1.00. The molecule has 0 aromatic rings. The van der Waals surface area contributed by atoms with Gasteiger partial charge in [-0.1, -0.05) is 33.1 Å². The van der Waals surface area contributed by atoms with E-state index in [1.165, 1.54) is 19.3 Å². The van der Waals surface area contributed by atoms with Gasteiger partial charge in [-0.3, -0.25) is 0 Å². The Morgan fingerprint density at radius 2 is 1.86 bits per heavy atom. The van der Waals surface area contributed by atoms with Gasteiger partial charge in [-0.05, 0) is 12.3 Å². The third kappa shape index (κ3) is 5.92. The molecule has 1 aliphatic rings. The lowest BCUT2D eigenvalue weighted by Gasteiger charge is -2.08. The van der Waals surface area contributed by atoms with E-state index in [4.69, 9.17) is 13.6 Å². The molecule has 0 unspecified atom stereocenters. The van der Waals surface area contributed by atoms with Crippen LogP contribution in [0.25, 0.3) is 0 Å². The summed E-state index contributed by atoms with van der Waals surface area (Å²) in [5.41, 5.74) is 0. The van der Waals surface area contributed by atoms with Gasteiger partial charge < -0.3 is 13.6 Å². The van der Waals surface area contributed by atoms with Crippen molar-refractivity contribution in [1.82, 2.24) is 0 Å². The largest absolute Gasteiger partial charge is 0.332 e. The van der Waals surface area contributed by atoms with Gasteiger partial charge in [0.25, 0.3) is 0 Å². The van der Waals surface area contributed by atoms with Gasteiger partial charge in [0, 0.05) is 0 Å². The molecule has 1 rings (SSSR count). The Balaban J connectivity index is 1.79. The molecule has 84 valence electrons. The van der Waals surface area contributed by atoms with Crippen LogP contribution in [0.2, 0.25) is 0 Å². The van der Waals surface area contributed by atoms with E-state index in [1.807, 2.05) is 0 Å². The van der Waals surface area contributed by atoms with Crippen LogP contribution in [0.5, 0.6) is 0 Å². The van der Waals surface area contributed by atoms with Crippen molar-refractivity contribution < 1.29 is 13.6 Å². The minimum absolute atomic E-state index is 0.694. The van der Waals surface area contributed by atoms with Gasteiger partial charge in [0.05, 0.1) is 19.8 Å². The topological polar surface area (TPSA) is 27.7 Å². The summed E-state index contributed by atoms with van der Waals surface area (Å²) < 4.78 is 15.9. The molecule has 0 aliphatic carbocycles. The molecule has 14 heavy (non-hydrogen) atoms. The smallest absolute Gasteiger partial charge is 0.312 e. The summed E-state index contributed by atoms with van der Waals surface area (Å²) in [6, 6.07) is 0. The van der Waals surface area contributed by atoms with Gasteiger partial charge in [-0.2, -0.15) is 0 Å². The molecule has 0 aromatic heterocycles. The molecule has 0 N–H and O–H groups in total. The lowest BCUT2D eigenvalue weighted by Crippen LogP contribution is -1.92. The standard InChI is InChI=1S/C10H21O3P/c1-10(2)6-4-3-5-7-11-14-12-8-9-13-14/h10H,3-9H2,1-2H3. The van der Waals surface area contributed by atoms with Crippen LogP contribution >= 0.6 is 8.60 Å². The summed E-state index contributed by atoms with van der Waals surface area (Å²) >= 11 is 0. The van der Waals surface area contributed by atoms with Crippen molar-refractivity contribution in [3.05, 3.63) is 0 Å². The second-order valence-electron chi connectivity index (χ2n) is 3.97. The molecule has 1 aliphatic heterocycles. The average Bonchev–Trinajstić information content (AvgIpc) is 2.63. The van der Waals surface area contributed by atoms with Gasteiger partial charge in [-0.25, -0.2) is 0 Å². The maximum atomic E-state index is 5.43. The third-order valence-electron chi connectivity index (χ3n) is 2.10. The Morgan fingerprint density at radius 3 is 2.50 bits per heavy atom. The van der Waals surface area contributed by atoms with Crippen LogP contribution in [-0.2, 0) is 13.6 Å². The fourth-order valence-corrected chi connectivity index (χ4v) is 2.25. The molecule has 0 saturated carbocycles. The van der Waals surface area contributed by atoms with E-state index in [-0.39, 0.29) is 0 Å². The predicted molar refractivity (Wildman–Crippen MR) is 58.1 cm³/mol. The molecular formula is C10H21O3P. The quantitative estimate of drug-likeness (QED) is 0.485. The Kier molecular flexibility index (Phi) is 6.70. The molecule has 3 nitrogen and oxygen atoms in total. The summed E-state index contributed by atoms with van der Waals surface area (Å²) in [6.45, 7) is 6.70. The Morgan fingerprint density at radius 1 is 1.14 bits per heavy atom. The minimum Gasteiger partial charge on any atom is -0.312 e. The maximum Gasteiger partial charge on any atom is 0.332 e. The van der Waals surface area contributed by atoms with Crippen molar-refractivity contribution in [1.29, 1.82) is 0 Å². The Labute approximate surface area is 88.1 Å². The van der Waals surface area contributed by atoms with Gasteiger partial charge in [0.1, 0.15) is 0 Å². The van der Waals surface area contributed by atoms with Crippen molar-refractivity contribution >= 4 is 8.60 Å². The molecule has 0 aromatic carbocycles. The summed E-state index contributed by atoms with van der Waals surface area (Å²) in [6.07, 6.45) is 5.00. The summed E-state index contributed by atoms with van der Waals surface area (Å²) in [4.78, 5) is 0. The predicted octanol–water partition coefficient (Wildman–Crippen LogP) is 3.49. The van der Waals surface area contributed by atoms with Gasteiger partial charge in [0.15, 0.2) is 0 Å². The van der Waals surface area contributed by atoms with Crippen molar-refractivity contribution in [2.45, 2.75) is 39.5 Å². The molecule has 1 fully saturated rings. The summed E-state index contributed by atoms with van der Waals surface area (Å²) in [5.74, 6) is 0.821. The van der Waals surface area contributed by atoms with E-state index < -0.39 is 8.60 Å². The van der Waals surface area contributed by atoms with E-state index in [2.05, 4.69) is 13.8 Å². The summed E-state index contributed by atoms with van der Waals surface area (Å²) in [7, 11) is -0.978. The molecule has 1 saturated heterocycles. The number of rotatable bonds is 7. The van der Waals surface area contributed by atoms with Crippen molar-refractivity contribution in [2.24, 2.45) is 5.92 Å². The zero-order valence-electron chi connectivity index (χ0n) is 9.20. The van der Waals surface area contributed by atoms with E-state index in [0.717, 1.165) is 18.9 Å². The molecular weight excluding hydrogens is 199 g/mol. The average molecular weight is 220 g/mol. The number of hydrogen-bond donors (Lipinski definition) is 0. The van der Waals surface area contributed by atoms with E-state index >= 15 is 0 Å². The molecule has 0 spiro atoms. The monoisotopic (exact) mass is 220 g/mol. The highest BCUT2D eigenvalue weighted by molar-refractivity contribution is 7.41. The van der Waals surface area contributed by atoms with Crippen molar-refractivity contribution in [3.8, 4) is 0 Å². The molecule has 1 heterocycles. The minimum atomic E-state index is -0.978. The van der Waals surface area contributed by atoms with E-state index in [0.29, 0.717) is 13.2 Å². The van der Waals surface area contributed by atoms with E-state index in [1.54, 1.807) is 0 Å². The zero-order valence-corrected chi connectivity index (χ0v) is 10.1. The summed E-state index contributed by atoms with van der Waals surface area (Å²) in [5, 5.41) is 0.